The minimum Gasteiger partial charge on any atom is -0.444 e. The molecule has 1 saturated heterocycles. The molecule has 0 saturated carbocycles. The zero-order chi connectivity index (χ0) is 17.2. The Hall–Kier alpha value is -2.17. The van der Waals surface area contributed by atoms with E-state index in [4.69, 9.17) is 4.74 Å². The normalized spacial score (nSPS) is 16.4. The number of carbonyl (C=O) groups excluding carboxylic acids is 1. The third-order valence-corrected chi connectivity index (χ3v) is 4.38. The highest BCUT2D eigenvalue weighted by Gasteiger charge is 2.26. The zero-order valence-corrected chi connectivity index (χ0v) is 14.8. The number of carbonyl (C=O) groups is 1. The molecular weight excluding hydrogens is 302 g/mol. The van der Waals surface area contributed by atoms with E-state index in [0.29, 0.717) is 5.92 Å². The molecule has 3 rings (SSSR count). The highest BCUT2D eigenvalue weighted by molar-refractivity contribution is 5.83. The number of aromatic nitrogens is 1. The largest absolute Gasteiger partial charge is 0.444 e. The van der Waals surface area contributed by atoms with Gasteiger partial charge in [0.05, 0.1) is 0 Å². The second kappa shape index (κ2) is 6.75. The van der Waals surface area contributed by atoms with Gasteiger partial charge >= 0.3 is 6.09 Å². The Balaban J connectivity index is 1.46. The standard InChI is InChI=1S/C19H27N3O2/c1-19(2,3)24-18(23)22-10-8-14(9-11-22)13-20-17-12-15-6-4-5-7-16(15)21-17/h4-7,12,14,20-21H,8-11,13H2,1-3H3. The summed E-state index contributed by atoms with van der Waals surface area (Å²) in [5.74, 6) is 1.64. The van der Waals surface area contributed by atoms with Gasteiger partial charge in [-0.15, -0.1) is 0 Å². The van der Waals surface area contributed by atoms with Crippen molar-refractivity contribution in [3.05, 3.63) is 30.3 Å². The third kappa shape index (κ3) is 4.22. The predicted molar refractivity (Wildman–Crippen MR) is 97.3 cm³/mol. The fourth-order valence-corrected chi connectivity index (χ4v) is 3.07. The predicted octanol–water partition coefficient (Wildman–Crippen LogP) is 4.23. The molecular formula is C19H27N3O2. The van der Waals surface area contributed by atoms with Crippen molar-refractivity contribution in [3.63, 3.8) is 0 Å². The first-order valence-corrected chi connectivity index (χ1v) is 8.70. The number of hydrogen-bond acceptors (Lipinski definition) is 3. The quantitative estimate of drug-likeness (QED) is 0.886. The molecule has 0 atom stereocenters. The molecule has 2 aromatic rings. The van der Waals surface area contributed by atoms with E-state index in [1.807, 2.05) is 37.8 Å². The SMILES string of the molecule is CC(C)(C)OC(=O)N1CCC(CNc2cc3ccccc3[nH]2)CC1. The van der Waals surface area contributed by atoms with Gasteiger partial charge in [-0.25, -0.2) is 4.79 Å². The van der Waals surface area contributed by atoms with Crippen molar-refractivity contribution in [1.29, 1.82) is 0 Å². The lowest BCUT2D eigenvalue weighted by atomic mass is 9.97. The number of benzene rings is 1. The van der Waals surface area contributed by atoms with Crippen molar-refractivity contribution in [2.75, 3.05) is 25.0 Å². The number of ether oxygens (including phenoxy) is 1. The van der Waals surface area contributed by atoms with Gasteiger partial charge in [0, 0.05) is 30.5 Å². The van der Waals surface area contributed by atoms with Crippen LogP contribution in [0.5, 0.6) is 0 Å². The number of amides is 1. The first-order valence-electron chi connectivity index (χ1n) is 8.70. The molecule has 1 aliphatic rings. The van der Waals surface area contributed by atoms with Crippen LogP contribution in [0.25, 0.3) is 10.9 Å². The molecule has 1 amide bonds. The number of likely N-dealkylation sites (tertiary alicyclic amines) is 1. The maximum Gasteiger partial charge on any atom is 0.410 e. The molecule has 130 valence electrons. The molecule has 2 N–H and O–H groups in total. The lowest BCUT2D eigenvalue weighted by molar-refractivity contribution is 0.0188. The number of fused-ring (bicyclic) bond motifs is 1. The summed E-state index contributed by atoms with van der Waals surface area (Å²) in [7, 11) is 0. The van der Waals surface area contributed by atoms with Gasteiger partial charge in [-0.05, 0) is 51.7 Å². The third-order valence-electron chi connectivity index (χ3n) is 4.38. The van der Waals surface area contributed by atoms with Gasteiger partial charge < -0.3 is 19.9 Å². The second-order valence-electron chi connectivity index (χ2n) is 7.56. The summed E-state index contributed by atoms with van der Waals surface area (Å²) in [5, 5.41) is 4.72. The summed E-state index contributed by atoms with van der Waals surface area (Å²) < 4.78 is 5.44. The summed E-state index contributed by atoms with van der Waals surface area (Å²) in [6, 6.07) is 10.4. The zero-order valence-electron chi connectivity index (χ0n) is 14.8. The van der Waals surface area contributed by atoms with Gasteiger partial charge in [0.1, 0.15) is 11.4 Å². The molecule has 1 aliphatic heterocycles. The van der Waals surface area contributed by atoms with Crippen LogP contribution in [0.1, 0.15) is 33.6 Å². The van der Waals surface area contributed by atoms with E-state index in [1.54, 1.807) is 0 Å². The van der Waals surface area contributed by atoms with Crippen molar-refractivity contribution in [3.8, 4) is 0 Å². The topological polar surface area (TPSA) is 57.4 Å². The fourth-order valence-electron chi connectivity index (χ4n) is 3.07. The monoisotopic (exact) mass is 329 g/mol. The van der Waals surface area contributed by atoms with E-state index in [0.717, 1.165) is 43.8 Å². The molecule has 0 bridgehead atoms. The van der Waals surface area contributed by atoms with E-state index in [2.05, 4.69) is 28.5 Å². The smallest absolute Gasteiger partial charge is 0.410 e. The molecule has 24 heavy (non-hydrogen) atoms. The number of para-hydroxylation sites is 1. The van der Waals surface area contributed by atoms with Crippen molar-refractivity contribution < 1.29 is 9.53 Å². The lowest BCUT2D eigenvalue weighted by Crippen LogP contribution is -2.42. The first kappa shape index (κ1) is 16.7. The maximum atomic E-state index is 12.1. The minimum absolute atomic E-state index is 0.190. The van der Waals surface area contributed by atoms with Gasteiger partial charge in [0.2, 0.25) is 0 Å². The van der Waals surface area contributed by atoms with Gasteiger partial charge in [-0.2, -0.15) is 0 Å². The van der Waals surface area contributed by atoms with Crippen LogP contribution < -0.4 is 5.32 Å². The van der Waals surface area contributed by atoms with Gasteiger partial charge in [-0.1, -0.05) is 18.2 Å². The van der Waals surface area contributed by atoms with E-state index < -0.39 is 5.60 Å². The molecule has 0 aliphatic carbocycles. The van der Waals surface area contributed by atoms with Crippen LogP contribution in [0.3, 0.4) is 0 Å². The fraction of sp³-hybridized carbons (Fsp3) is 0.526. The van der Waals surface area contributed by atoms with Crippen LogP contribution in [0.15, 0.2) is 30.3 Å². The Morgan fingerprint density at radius 3 is 2.67 bits per heavy atom. The van der Waals surface area contributed by atoms with Gasteiger partial charge in [0.25, 0.3) is 0 Å². The lowest BCUT2D eigenvalue weighted by Gasteiger charge is -2.33. The van der Waals surface area contributed by atoms with Crippen molar-refractivity contribution in [1.82, 2.24) is 9.88 Å². The minimum atomic E-state index is -0.425. The van der Waals surface area contributed by atoms with Gasteiger partial charge in [-0.3, -0.25) is 0 Å². The summed E-state index contributed by atoms with van der Waals surface area (Å²) in [4.78, 5) is 17.3. The number of anilines is 1. The van der Waals surface area contributed by atoms with Crippen LogP contribution in [0, 0.1) is 5.92 Å². The number of nitrogens with zero attached hydrogens (tertiary/aromatic N) is 1. The second-order valence-corrected chi connectivity index (χ2v) is 7.56. The van der Waals surface area contributed by atoms with Crippen LogP contribution in [-0.2, 0) is 4.74 Å². The molecule has 1 fully saturated rings. The van der Waals surface area contributed by atoms with E-state index >= 15 is 0 Å². The average molecular weight is 329 g/mol. The average Bonchev–Trinajstić information content (AvgIpc) is 2.94. The first-order chi connectivity index (χ1) is 11.4. The molecule has 5 nitrogen and oxygen atoms in total. The number of nitrogens with one attached hydrogen (secondary N) is 2. The van der Waals surface area contributed by atoms with E-state index in [-0.39, 0.29) is 6.09 Å². The summed E-state index contributed by atoms with van der Waals surface area (Å²) in [5.41, 5.74) is 0.727. The highest BCUT2D eigenvalue weighted by Crippen LogP contribution is 2.22. The van der Waals surface area contributed by atoms with E-state index in [9.17, 15) is 4.79 Å². The summed E-state index contributed by atoms with van der Waals surface area (Å²) in [6.45, 7) is 8.18. The number of aromatic amines is 1. The molecule has 0 unspecified atom stereocenters. The summed E-state index contributed by atoms with van der Waals surface area (Å²) in [6.07, 6.45) is 1.82. The molecule has 0 spiro atoms. The van der Waals surface area contributed by atoms with Crippen molar-refractivity contribution >= 4 is 22.8 Å². The Bertz CT molecular complexity index is 661. The van der Waals surface area contributed by atoms with Crippen LogP contribution in [-0.4, -0.2) is 41.2 Å². The number of piperidine rings is 1. The van der Waals surface area contributed by atoms with Crippen LogP contribution in [0.2, 0.25) is 0 Å². The molecule has 1 aromatic heterocycles. The molecule has 1 aromatic carbocycles. The van der Waals surface area contributed by atoms with E-state index in [1.165, 1.54) is 5.39 Å². The van der Waals surface area contributed by atoms with Gasteiger partial charge in [0.15, 0.2) is 0 Å². The van der Waals surface area contributed by atoms with Crippen LogP contribution >= 0.6 is 0 Å². The Labute approximate surface area is 143 Å². The Kier molecular flexibility index (Phi) is 4.69. The molecule has 0 radical (unpaired) electrons. The molecule has 2 heterocycles. The highest BCUT2D eigenvalue weighted by atomic mass is 16.6. The summed E-state index contributed by atoms with van der Waals surface area (Å²) >= 11 is 0. The Morgan fingerprint density at radius 2 is 2.00 bits per heavy atom. The Morgan fingerprint density at radius 1 is 1.29 bits per heavy atom. The number of H-pyrrole nitrogens is 1. The number of hydrogen-bond donors (Lipinski definition) is 2. The van der Waals surface area contributed by atoms with Crippen molar-refractivity contribution in [2.45, 2.75) is 39.2 Å². The molecule has 5 heteroatoms. The number of rotatable bonds is 3. The van der Waals surface area contributed by atoms with Crippen LogP contribution in [0.4, 0.5) is 10.6 Å². The maximum absolute atomic E-state index is 12.1. The van der Waals surface area contributed by atoms with Crippen molar-refractivity contribution in [2.24, 2.45) is 5.92 Å².